The maximum atomic E-state index is 10.9. The standard InChI is InChI=1S/C8H10ClN3O/c1-2-3-5-4-11-8(9)12-6(5)7(10)13/h4H,2-3H2,1H3,(H2,10,13). The summed E-state index contributed by atoms with van der Waals surface area (Å²) in [5.74, 6) is -0.562. The van der Waals surface area contributed by atoms with Gasteiger partial charge in [0.1, 0.15) is 5.69 Å². The van der Waals surface area contributed by atoms with Crippen molar-refractivity contribution in [2.75, 3.05) is 0 Å². The number of halogens is 1. The molecule has 0 saturated carbocycles. The van der Waals surface area contributed by atoms with Crippen LogP contribution in [-0.4, -0.2) is 15.9 Å². The first-order valence-corrected chi connectivity index (χ1v) is 4.34. The van der Waals surface area contributed by atoms with E-state index < -0.39 is 5.91 Å². The molecule has 0 fully saturated rings. The number of hydrogen-bond donors (Lipinski definition) is 1. The van der Waals surface area contributed by atoms with Crippen LogP contribution in [0.2, 0.25) is 5.28 Å². The fraction of sp³-hybridized carbons (Fsp3) is 0.375. The summed E-state index contributed by atoms with van der Waals surface area (Å²) < 4.78 is 0. The first-order chi connectivity index (χ1) is 6.15. The molecule has 0 bridgehead atoms. The molecule has 2 N–H and O–H groups in total. The lowest BCUT2D eigenvalue weighted by molar-refractivity contribution is 0.0994. The van der Waals surface area contributed by atoms with Crippen molar-refractivity contribution in [3.63, 3.8) is 0 Å². The van der Waals surface area contributed by atoms with Crippen molar-refractivity contribution in [2.24, 2.45) is 5.73 Å². The van der Waals surface area contributed by atoms with Crippen molar-refractivity contribution in [1.82, 2.24) is 9.97 Å². The summed E-state index contributed by atoms with van der Waals surface area (Å²) in [6, 6.07) is 0. The van der Waals surface area contributed by atoms with E-state index in [-0.39, 0.29) is 11.0 Å². The summed E-state index contributed by atoms with van der Waals surface area (Å²) in [6.45, 7) is 2.00. The second-order valence-corrected chi connectivity index (χ2v) is 2.97. The van der Waals surface area contributed by atoms with E-state index in [0.29, 0.717) is 0 Å². The normalized spacial score (nSPS) is 10.0. The molecule has 1 aromatic rings. The largest absolute Gasteiger partial charge is 0.364 e. The zero-order valence-corrected chi connectivity index (χ0v) is 8.01. The maximum absolute atomic E-state index is 10.9. The average Bonchev–Trinajstić information content (AvgIpc) is 2.08. The number of primary amides is 1. The number of aryl methyl sites for hydroxylation is 1. The lowest BCUT2D eigenvalue weighted by atomic mass is 10.1. The SMILES string of the molecule is CCCc1cnc(Cl)nc1C(N)=O. The van der Waals surface area contributed by atoms with Crippen molar-refractivity contribution in [2.45, 2.75) is 19.8 Å². The van der Waals surface area contributed by atoms with E-state index in [9.17, 15) is 4.79 Å². The second-order valence-electron chi connectivity index (χ2n) is 2.63. The molecule has 1 rings (SSSR count). The van der Waals surface area contributed by atoms with Gasteiger partial charge in [-0.15, -0.1) is 0 Å². The highest BCUT2D eigenvalue weighted by Crippen LogP contribution is 2.09. The highest BCUT2D eigenvalue weighted by atomic mass is 35.5. The minimum Gasteiger partial charge on any atom is -0.364 e. The van der Waals surface area contributed by atoms with E-state index in [2.05, 4.69) is 9.97 Å². The van der Waals surface area contributed by atoms with E-state index in [0.717, 1.165) is 18.4 Å². The Kier molecular flexibility index (Phi) is 3.19. The van der Waals surface area contributed by atoms with E-state index in [4.69, 9.17) is 17.3 Å². The summed E-state index contributed by atoms with van der Waals surface area (Å²) in [5, 5.41) is 0.0497. The Morgan fingerprint density at radius 3 is 2.92 bits per heavy atom. The molecule has 13 heavy (non-hydrogen) atoms. The van der Waals surface area contributed by atoms with Gasteiger partial charge in [-0.05, 0) is 18.0 Å². The monoisotopic (exact) mass is 199 g/mol. The minimum atomic E-state index is -0.562. The van der Waals surface area contributed by atoms with Gasteiger partial charge in [0.2, 0.25) is 5.28 Å². The Hall–Kier alpha value is -1.16. The molecule has 1 heterocycles. The van der Waals surface area contributed by atoms with Crippen molar-refractivity contribution in [3.8, 4) is 0 Å². The van der Waals surface area contributed by atoms with Crippen LogP contribution in [0.5, 0.6) is 0 Å². The quantitative estimate of drug-likeness (QED) is 0.744. The fourth-order valence-electron chi connectivity index (χ4n) is 1.05. The first-order valence-electron chi connectivity index (χ1n) is 3.96. The minimum absolute atomic E-state index is 0.0497. The van der Waals surface area contributed by atoms with Gasteiger partial charge < -0.3 is 5.73 Å². The van der Waals surface area contributed by atoms with Gasteiger partial charge in [-0.2, -0.15) is 0 Å². The van der Waals surface area contributed by atoms with Gasteiger partial charge in [0, 0.05) is 11.8 Å². The van der Waals surface area contributed by atoms with E-state index >= 15 is 0 Å². The number of nitrogens with two attached hydrogens (primary N) is 1. The molecule has 0 aromatic carbocycles. The van der Waals surface area contributed by atoms with Gasteiger partial charge in [0.05, 0.1) is 0 Å². The number of carbonyl (C=O) groups is 1. The molecule has 0 radical (unpaired) electrons. The van der Waals surface area contributed by atoms with Crippen LogP contribution >= 0.6 is 11.6 Å². The number of amides is 1. The summed E-state index contributed by atoms with van der Waals surface area (Å²) in [4.78, 5) is 18.5. The molecule has 70 valence electrons. The predicted octanol–water partition coefficient (Wildman–Crippen LogP) is 1.18. The third kappa shape index (κ3) is 2.39. The molecule has 0 atom stereocenters. The van der Waals surface area contributed by atoms with Gasteiger partial charge in [-0.25, -0.2) is 9.97 Å². The van der Waals surface area contributed by atoms with Gasteiger partial charge in [0.15, 0.2) is 0 Å². The topological polar surface area (TPSA) is 68.9 Å². The Morgan fingerprint density at radius 1 is 1.69 bits per heavy atom. The number of rotatable bonds is 3. The van der Waals surface area contributed by atoms with Crippen LogP contribution < -0.4 is 5.73 Å². The Bertz CT molecular complexity index is 327. The van der Waals surface area contributed by atoms with Gasteiger partial charge >= 0.3 is 0 Å². The highest BCUT2D eigenvalue weighted by molar-refractivity contribution is 6.28. The highest BCUT2D eigenvalue weighted by Gasteiger charge is 2.10. The molecule has 0 aliphatic heterocycles. The van der Waals surface area contributed by atoms with Crippen LogP contribution in [0.3, 0.4) is 0 Å². The van der Waals surface area contributed by atoms with Crippen LogP contribution in [0.1, 0.15) is 29.4 Å². The molecule has 0 spiro atoms. The zero-order valence-electron chi connectivity index (χ0n) is 7.25. The van der Waals surface area contributed by atoms with Crippen molar-refractivity contribution >= 4 is 17.5 Å². The summed E-state index contributed by atoms with van der Waals surface area (Å²) in [5.41, 5.74) is 6.10. The number of carbonyl (C=O) groups excluding carboxylic acids is 1. The van der Waals surface area contributed by atoms with Gasteiger partial charge in [-0.3, -0.25) is 4.79 Å². The lowest BCUT2D eigenvalue weighted by Gasteiger charge is -2.02. The van der Waals surface area contributed by atoms with E-state index in [1.807, 2.05) is 6.92 Å². The summed E-state index contributed by atoms with van der Waals surface area (Å²) in [7, 11) is 0. The van der Waals surface area contributed by atoms with E-state index in [1.165, 1.54) is 0 Å². The third-order valence-corrected chi connectivity index (χ3v) is 1.77. The third-order valence-electron chi connectivity index (χ3n) is 1.59. The molecule has 1 amide bonds. The molecule has 4 nitrogen and oxygen atoms in total. The van der Waals surface area contributed by atoms with Gasteiger partial charge in [-0.1, -0.05) is 13.3 Å². The predicted molar refractivity (Wildman–Crippen MR) is 49.6 cm³/mol. The zero-order chi connectivity index (χ0) is 9.84. The molecular weight excluding hydrogens is 190 g/mol. The molecule has 0 unspecified atom stereocenters. The van der Waals surface area contributed by atoms with Crippen LogP contribution in [0.25, 0.3) is 0 Å². The van der Waals surface area contributed by atoms with Crippen LogP contribution in [-0.2, 0) is 6.42 Å². The fourth-order valence-corrected chi connectivity index (χ4v) is 1.18. The van der Waals surface area contributed by atoms with Crippen molar-refractivity contribution < 1.29 is 4.79 Å². The molecule has 1 aromatic heterocycles. The average molecular weight is 200 g/mol. The summed E-state index contributed by atoms with van der Waals surface area (Å²) in [6.07, 6.45) is 3.18. The van der Waals surface area contributed by atoms with Crippen LogP contribution in [0.4, 0.5) is 0 Å². The molecule has 0 aliphatic carbocycles. The molecule has 5 heteroatoms. The molecule has 0 aliphatic rings. The summed E-state index contributed by atoms with van der Waals surface area (Å²) >= 11 is 5.53. The van der Waals surface area contributed by atoms with E-state index in [1.54, 1.807) is 6.20 Å². The molecular formula is C8H10ClN3O. The second kappa shape index (κ2) is 4.18. The maximum Gasteiger partial charge on any atom is 0.267 e. The number of aromatic nitrogens is 2. The van der Waals surface area contributed by atoms with Crippen molar-refractivity contribution in [1.29, 1.82) is 0 Å². The van der Waals surface area contributed by atoms with Gasteiger partial charge in [0.25, 0.3) is 5.91 Å². The van der Waals surface area contributed by atoms with Crippen molar-refractivity contribution in [3.05, 3.63) is 22.7 Å². The lowest BCUT2D eigenvalue weighted by Crippen LogP contribution is -2.16. The molecule has 0 saturated heterocycles. The number of hydrogen-bond acceptors (Lipinski definition) is 3. The van der Waals surface area contributed by atoms with Crippen LogP contribution in [0.15, 0.2) is 6.20 Å². The van der Waals surface area contributed by atoms with Crippen LogP contribution in [0, 0.1) is 0 Å². The first kappa shape index (κ1) is 9.92. The Morgan fingerprint density at radius 2 is 2.38 bits per heavy atom. The smallest absolute Gasteiger partial charge is 0.267 e. The number of nitrogens with zero attached hydrogens (tertiary/aromatic N) is 2. The Labute approximate surface area is 81.1 Å². The Balaban J connectivity index is 3.10.